The highest BCUT2D eigenvalue weighted by Gasteiger charge is 2.04. The highest BCUT2D eigenvalue weighted by atomic mass is 79.9. The smallest absolute Gasteiger partial charge is 0.0946 e. The third-order valence-corrected chi connectivity index (χ3v) is 3.63. The summed E-state index contributed by atoms with van der Waals surface area (Å²) in [6, 6.07) is 6.86. The van der Waals surface area contributed by atoms with Gasteiger partial charge in [-0.25, -0.2) is 4.98 Å². The van der Waals surface area contributed by atoms with E-state index < -0.39 is 0 Å². The van der Waals surface area contributed by atoms with E-state index in [2.05, 4.69) is 62.8 Å². The summed E-state index contributed by atoms with van der Waals surface area (Å²) in [6.45, 7) is 6.09. The van der Waals surface area contributed by atoms with Gasteiger partial charge in [0.15, 0.2) is 0 Å². The second kappa shape index (κ2) is 6.16. The average Bonchev–Trinajstić information content (AvgIpc) is 2.80. The Morgan fingerprint density at radius 1 is 1.44 bits per heavy atom. The van der Waals surface area contributed by atoms with Crippen LogP contribution in [0, 0.1) is 6.92 Å². The van der Waals surface area contributed by atoms with E-state index in [-0.39, 0.29) is 0 Å². The molecule has 0 saturated carbocycles. The molecule has 96 valence electrons. The Labute approximate surface area is 116 Å². The van der Waals surface area contributed by atoms with Crippen molar-refractivity contribution in [3.63, 3.8) is 0 Å². The van der Waals surface area contributed by atoms with Crippen LogP contribution in [-0.4, -0.2) is 15.6 Å². The summed E-state index contributed by atoms with van der Waals surface area (Å²) in [5.74, 6) is 0. The van der Waals surface area contributed by atoms with Crippen LogP contribution in [0.5, 0.6) is 0 Å². The number of aromatic nitrogens is 2. The fourth-order valence-corrected chi connectivity index (χ4v) is 2.49. The molecule has 1 unspecified atom stereocenters. The van der Waals surface area contributed by atoms with Gasteiger partial charge >= 0.3 is 0 Å². The van der Waals surface area contributed by atoms with Gasteiger partial charge < -0.3 is 9.88 Å². The topological polar surface area (TPSA) is 29.9 Å². The zero-order valence-electron chi connectivity index (χ0n) is 10.7. The predicted octanol–water partition coefficient (Wildman–Crippen LogP) is 3.13. The molecule has 1 atom stereocenters. The summed E-state index contributed by atoms with van der Waals surface area (Å²) in [7, 11) is 0. The minimum Gasteiger partial charge on any atom is -0.336 e. The molecule has 0 saturated heterocycles. The Hall–Kier alpha value is -1.13. The molecular weight excluding hydrogens is 290 g/mol. The van der Waals surface area contributed by atoms with Crippen molar-refractivity contribution < 1.29 is 0 Å². The molecule has 0 fully saturated rings. The van der Waals surface area contributed by atoms with Crippen LogP contribution in [0.1, 0.15) is 18.1 Å². The van der Waals surface area contributed by atoms with E-state index in [4.69, 9.17) is 0 Å². The second-order valence-electron chi connectivity index (χ2n) is 4.64. The fraction of sp³-hybridized carbons (Fsp3) is 0.357. The summed E-state index contributed by atoms with van der Waals surface area (Å²) in [6.07, 6.45) is 5.64. The Bertz CT molecular complexity index is 494. The molecule has 0 spiro atoms. The van der Waals surface area contributed by atoms with Crippen molar-refractivity contribution in [3.05, 3.63) is 52.5 Å². The maximum atomic E-state index is 4.05. The summed E-state index contributed by atoms with van der Waals surface area (Å²) >= 11 is 3.60. The van der Waals surface area contributed by atoms with Crippen molar-refractivity contribution >= 4 is 15.9 Å². The number of nitrogens with one attached hydrogen (secondary N) is 1. The molecule has 0 radical (unpaired) electrons. The number of hydrogen-bond acceptors (Lipinski definition) is 2. The molecule has 0 aliphatic carbocycles. The quantitative estimate of drug-likeness (QED) is 0.919. The lowest BCUT2D eigenvalue weighted by Gasteiger charge is -2.15. The number of hydrogen-bond donors (Lipinski definition) is 1. The third-order valence-electron chi connectivity index (χ3n) is 2.89. The highest BCUT2D eigenvalue weighted by molar-refractivity contribution is 9.10. The molecule has 2 rings (SSSR count). The van der Waals surface area contributed by atoms with Gasteiger partial charge in [-0.05, 0) is 31.0 Å². The largest absolute Gasteiger partial charge is 0.336 e. The van der Waals surface area contributed by atoms with Crippen LogP contribution >= 0.6 is 15.9 Å². The van der Waals surface area contributed by atoms with E-state index in [1.807, 2.05) is 18.7 Å². The van der Waals surface area contributed by atoms with E-state index in [0.717, 1.165) is 13.1 Å². The van der Waals surface area contributed by atoms with Crippen LogP contribution in [0.4, 0.5) is 0 Å². The van der Waals surface area contributed by atoms with Gasteiger partial charge in [0.05, 0.1) is 6.33 Å². The molecule has 0 aliphatic rings. The molecule has 2 aromatic rings. The number of nitrogens with zero attached hydrogens (tertiary/aromatic N) is 2. The monoisotopic (exact) mass is 307 g/mol. The predicted molar refractivity (Wildman–Crippen MR) is 77.4 cm³/mol. The highest BCUT2D eigenvalue weighted by Crippen LogP contribution is 2.18. The number of imidazole rings is 1. The summed E-state index contributed by atoms with van der Waals surface area (Å²) in [4.78, 5) is 4.05. The lowest BCUT2D eigenvalue weighted by atomic mass is 10.1. The van der Waals surface area contributed by atoms with Gasteiger partial charge in [-0.2, -0.15) is 0 Å². The number of halogens is 1. The summed E-state index contributed by atoms with van der Waals surface area (Å²) in [5, 5.41) is 3.52. The van der Waals surface area contributed by atoms with Gasteiger partial charge in [-0.3, -0.25) is 0 Å². The van der Waals surface area contributed by atoms with E-state index >= 15 is 0 Å². The normalized spacial score (nSPS) is 12.6. The average molecular weight is 308 g/mol. The van der Waals surface area contributed by atoms with Gasteiger partial charge in [-0.1, -0.05) is 28.1 Å². The van der Waals surface area contributed by atoms with Crippen molar-refractivity contribution in [1.82, 2.24) is 14.9 Å². The number of benzene rings is 1. The second-order valence-corrected chi connectivity index (χ2v) is 5.49. The van der Waals surface area contributed by atoms with E-state index in [1.54, 1.807) is 0 Å². The molecule has 18 heavy (non-hydrogen) atoms. The van der Waals surface area contributed by atoms with E-state index in [9.17, 15) is 0 Å². The standard InChI is InChI=1S/C14H18BrN3/c1-11-3-4-13(14(15)7-11)8-17-12(2)9-18-6-5-16-10-18/h3-7,10,12,17H,8-9H2,1-2H3. The lowest BCUT2D eigenvalue weighted by molar-refractivity contribution is 0.475. The molecule has 3 nitrogen and oxygen atoms in total. The number of rotatable bonds is 5. The molecule has 0 bridgehead atoms. The molecule has 1 aromatic heterocycles. The molecule has 1 heterocycles. The molecule has 1 aromatic carbocycles. The van der Waals surface area contributed by atoms with E-state index in [1.165, 1.54) is 15.6 Å². The fourth-order valence-electron chi connectivity index (χ4n) is 1.86. The van der Waals surface area contributed by atoms with Crippen LogP contribution in [0.15, 0.2) is 41.4 Å². The first kappa shape index (κ1) is 13.3. The maximum absolute atomic E-state index is 4.05. The first-order valence-corrected chi connectivity index (χ1v) is 6.88. The summed E-state index contributed by atoms with van der Waals surface area (Å²) < 4.78 is 3.26. The van der Waals surface area contributed by atoms with Gasteiger partial charge in [0, 0.05) is 36.0 Å². The first-order chi connectivity index (χ1) is 8.65. The third kappa shape index (κ3) is 3.68. The van der Waals surface area contributed by atoms with Crippen molar-refractivity contribution in [2.75, 3.05) is 0 Å². The van der Waals surface area contributed by atoms with Crippen molar-refractivity contribution in [2.45, 2.75) is 33.0 Å². The zero-order chi connectivity index (χ0) is 13.0. The Kier molecular flexibility index (Phi) is 4.55. The van der Waals surface area contributed by atoms with Crippen LogP contribution in [0.25, 0.3) is 0 Å². The maximum Gasteiger partial charge on any atom is 0.0946 e. The lowest BCUT2D eigenvalue weighted by Crippen LogP contribution is -2.29. The SMILES string of the molecule is Cc1ccc(CNC(C)Cn2ccnc2)c(Br)c1. The van der Waals surface area contributed by atoms with Crippen molar-refractivity contribution in [1.29, 1.82) is 0 Å². The van der Waals surface area contributed by atoms with Crippen molar-refractivity contribution in [2.24, 2.45) is 0 Å². The Balaban J connectivity index is 1.87. The van der Waals surface area contributed by atoms with Gasteiger partial charge in [0.2, 0.25) is 0 Å². The molecule has 0 aliphatic heterocycles. The minimum absolute atomic E-state index is 0.410. The first-order valence-electron chi connectivity index (χ1n) is 6.09. The molecular formula is C14H18BrN3. The van der Waals surface area contributed by atoms with E-state index in [0.29, 0.717) is 6.04 Å². The van der Waals surface area contributed by atoms with Gasteiger partial charge in [0.25, 0.3) is 0 Å². The van der Waals surface area contributed by atoms with Crippen LogP contribution in [0.3, 0.4) is 0 Å². The van der Waals surface area contributed by atoms with Crippen molar-refractivity contribution in [3.8, 4) is 0 Å². The molecule has 1 N–H and O–H groups in total. The molecule has 4 heteroatoms. The number of aryl methyl sites for hydroxylation is 1. The Morgan fingerprint density at radius 2 is 2.28 bits per heavy atom. The summed E-state index contributed by atoms with van der Waals surface area (Å²) in [5.41, 5.74) is 2.56. The van der Waals surface area contributed by atoms with Crippen LogP contribution in [-0.2, 0) is 13.1 Å². The van der Waals surface area contributed by atoms with Crippen LogP contribution < -0.4 is 5.32 Å². The molecule has 0 amide bonds. The minimum atomic E-state index is 0.410. The Morgan fingerprint density at radius 3 is 2.94 bits per heavy atom. The zero-order valence-corrected chi connectivity index (χ0v) is 12.3. The van der Waals surface area contributed by atoms with Crippen LogP contribution in [0.2, 0.25) is 0 Å². The van der Waals surface area contributed by atoms with Gasteiger partial charge in [-0.15, -0.1) is 0 Å². The van der Waals surface area contributed by atoms with Gasteiger partial charge in [0.1, 0.15) is 0 Å².